The van der Waals surface area contributed by atoms with E-state index >= 15 is 0 Å². The fourth-order valence-electron chi connectivity index (χ4n) is 1.36. The van der Waals surface area contributed by atoms with E-state index in [9.17, 15) is 9.59 Å². The average Bonchev–Trinajstić information content (AvgIpc) is 2.71. The molecule has 0 aromatic carbocycles. The molecule has 0 saturated carbocycles. The van der Waals surface area contributed by atoms with Gasteiger partial charge in [-0.1, -0.05) is 5.92 Å². The molecule has 2 aromatic rings. The molecule has 2 rings (SSSR count). The summed E-state index contributed by atoms with van der Waals surface area (Å²) >= 11 is 5.48. The van der Waals surface area contributed by atoms with Crippen molar-refractivity contribution < 1.29 is 0 Å². The van der Waals surface area contributed by atoms with E-state index in [0.717, 1.165) is 0 Å². The summed E-state index contributed by atoms with van der Waals surface area (Å²) in [5, 5.41) is 0. The molecule has 0 unspecified atom stereocenters. The molecular formula is C10H9ClN4O2. The SMILES string of the molecule is Cn1c(=O)[nH]c(=O)c2[nH]c(C#CCCCl)nc21. The minimum Gasteiger partial charge on any atom is -0.325 e. The van der Waals surface area contributed by atoms with Crippen LogP contribution in [0.15, 0.2) is 9.59 Å². The molecule has 0 aliphatic rings. The summed E-state index contributed by atoms with van der Waals surface area (Å²) in [6.07, 6.45) is 0.536. The van der Waals surface area contributed by atoms with Crippen LogP contribution in [-0.2, 0) is 7.05 Å². The van der Waals surface area contributed by atoms with Gasteiger partial charge >= 0.3 is 5.69 Å². The summed E-state index contributed by atoms with van der Waals surface area (Å²) in [6.45, 7) is 0. The smallest absolute Gasteiger partial charge is 0.325 e. The number of nitrogens with one attached hydrogen (secondary N) is 2. The quantitative estimate of drug-likeness (QED) is 0.551. The number of halogens is 1. The lowest BCUT2D eigenvalue weighted by Gasteiger charge is -1.94. The molecule has 88 valence electrons. The van der Waals surface area contributed by atoms with Crippen LogP contribution in [0.25, 0.3) is 11.2 Å². The highest BCUT2D eigenvalue weighted by Gasteiger charge is 2.08. The van der Waals surface area contributed by atoms with Crippen molar-refractivity contribution in [2.45, 2.75) is 6.42 Å². The third kappa shape index (κ3) is 2.10. The Bertz CT molecular complexity index is 729. The van der Waals surface area contributed by atoms with E-state index < -0.39 is 11.2 Å². The lowest BCUT2D eigenvalue weighted by molar-refractivity contribution is 0.832. The van der Waals surface area contributed by atoms with Gasteiger partial charge in [0.1, 0.15) is 0 Å². The van der Waals surface area contributed by atoms with E-state index in [0.29, 0.717) is 18.1 Å². The Morgan fingerprint density at radius 3 is 2.88 bits per heavy atom. The fourth-order valence-corrected chi connectivity index (χ4v) is 1.45. The van der Waals surface area contributed by atoms with Gasteiger partial charge in [-0.25, -0.2) is 9.78 Å². The fraction of sp³-hybridized carbons (Fsp3) is 0.300. The van der Waals surface area contributed by atoms with E-state index in [4.69, 9.17) is 11.6 Å². The van der Waals surface area contributed by atoms with Gasteiger partial charge in [0.05, 0.1) is 0 Å². The lowest BCUT2D eigenvalue weighted by Crippen LogP contribution is -2.28. The van der Waals surface area contributed by atoms with Crippen LogP contribution in [0, 0.1) is 11.8 Å². The molecule has 0 atom stereocenters. The van der Waals surface area contributed by atoms with Crippen LogP contribution < -0.4 is 11.2 Å². The van der Waals surface area contributed by atoms with Gasteiger partial charge in [0.2, 0.25) is 0 Å². The summed E-state index contributed by atoms with van der Waals surface area (Å²) in [6, 6.07) is 0. The van der Waals surface area contributed by atoms with Gasteiger partial charge in [0.25, 0.3) is 5.56 Å². The first kappa shape index (κ1) is 11.5. The molecule has 0 aliphatic carbocycles. The number of imidazole rings is 1. The van der Waals surface area contributed by atoms with Gasteiger partial charge in [-0.3, -0.25) is 14.3 Å². The zero-order chi connectivity index (χ0) is 12.4. The van der Waals surface area contributed by atoms with Crippen molar-refractivity contribution in [3.05, 3.63) is 26.7 Å². The van der Waals surface area contributed by atoms with Crippen molar-refractivity contribution in [3.8, 4) is 11.8 Å². The molecule has 0 fully saturated rings. The number of nitrogens with zero attached hydrogens (tertiary/aromatic N) is 2. The second kappa shape index (κ2) is 4.47. The molecule has 0 saturated heterocycles. The summed E-state index contributed by atoms with van der Waals surface area (Å²) in [7, 11) is 1.53. The number of rotatable bonds is 1. The molecule has 0 amide bonds. The number of aromatic nitrogens is 4. The first-order valence-electron chi connectivity index (χ1n) is 4.87. The van der Waals surface area contributed by atoms with E-state index in [1.54, 1.807) is 0 Å². The van der Waals surface area contributed by atoms with Crippen molar-refractivity contribution in [2.75, 3.05) is 5.88 Å². The maximum Gasteiger partial charge on any atom is 0.329 e. The van der Waals surface area contributed by atoms with Gasteiger partial charge in [-0.2, -0.15) is 0 Å². The predicted octanol–water partition coefficient (Wildman–Crippen LogP) is -0.0697. The molecule has 0 bridgehead atoms. The van der Waals surface area contributed by atoms with E-state index in [-0.39, 0.29) is 11.2 Å². The summed E-state index contributed by atoms with van der Waals surface area (Å²) in [4.78, 5) is 31.8. The molecule has 17 heavy (non-hydrogen) atoms. The first-order chi connectivity index (χ1) is 8.13. The monoisotopic (exact) mass is 252 g/mol. The summed E-state index contributed by atoms with van der Waals surface area (Å²) in [5.74, 6) is 6.31. The van der Waals surface area contributed by atoms with Crippen LogP contribution in [0.2, 0.25) is 0 Å². The molecule has 6 nitrogen and oxygen atoms in total. The topological polar surface area (TPSA) is 83.5 Å². The number of alkyl halides is 1. The molecule has 0 aliphatic heterocycles. The van der Waals surface area contributed by atoms with E-state index in [1.165, 1.54) is 11.6 Å². The maximum absolute atomic E-state index is 11.5. The van der Waals surface area contributed by atoms with Gasteiger partial charge in [-0.15, -0.1) is 11.6 Å². The van der Waals surface area contributed by atoms with Crippen molar-refractivity contribution in [2.24, 2.45) is 7.05 Å². The Kier molecular flexibility index (Phi) is 3.02. The molecular weight excluding hydrogens is 244 g/mol. The second-order valence-corrected chi connectivity index (χ2v) is 3.72. The number of aryl methyl sites for hydroxylation is 1. The van der Waals surface area contributed by atoms with Crippen LogP contribution in [-0.4, -0.2) is 25.4 Å². The number of hydrogen-bond donors (Lipinski definition) is 2. The third-order valence-corrected chi connectivity index (χ3v) is 2.37. The molecule has 0 radical (unpaired) electrons. The Morgan fingerprint density at radius 2 is 2.18 bits per heavy atom. The zero-order valence-corrected chi connectivity index (χ0v) is 9.76. The molecule has 7 heteroatoms. The molecule has 2 aromatic heterocycles. The normalized spacial score (nSPS) is 10.2. The van der Waals surface area contributed by atoms with Crippen molar-refractivity contribution in [1.82, 2.24) is 19.5 Å². The molecule has 0 spiro atoms. The number of fused-ring (bicyclic) bond motifs is 1. The molecule has 2 heterocycles. The van der Waals surface area contributed by atoms with E-state index in [2.05, 4.69) is 26.8 Å². The number of hydrogen-bond acceptors (Lipinski definition) is 3. The number of aromatic amines is 2. The Labute approximate surface area is 101 Å². The third-order valence-electron chi connectivity index (χ3n) is 2.18. The van der Waals surface area contributed by atoms with Crippen LogP contribution in [0.5, 0.6) is 0 Å². The van der Waals surface area contributed by atoms with Crippen LogP contribution in [0.1, 0.15) is 12.2 Å². The minimum absolute atomic E-state index is 0.238. The van der Waals surface area contributed by atoms with Crippen LogP contribution >= 0.6 is 11.6 Å². The Morgan fingerprint density at radius 1 is 1.41 bits per heavy atom. The van der Waals surface area contributed by atoms with Gasteiger partial charge in [0.15, 0.2) is 17.0 Å². The largest absolute Gasteiger partial charge is 0.329 e. The Hall–Kier alpha value is -2.00. The summed E-state index contributed by atoms with van der Waals surface area (Å²) < 4.78 is 1.25. The van der Waals surface area contributed by atoms with Gasteiger partial charge in [-0.05, 0) is 5.92 Å². The molecule has 2 N–H and O–H groups in total. The van der Waals surface area contributed by atoms with Crippen molar-refractivity contribution in [3.63, 3.8) is 0 Å². The van der Waals surface area contributed by atoms with Gasteiger partial charge < -0.3 is 4.98 Å². The zero-order valence-electron chi connectivity index (χ0n) is 9.00. The second-order valence-electron chi connectivity index (χ2n) is 3.34. The standard InChI is InChI=1S/C10H9ClN4O2/c1-15-8-7(9(16)14-10(15)17)12-6(13-8)4-2-3-5-11/h3,5H2,1H3,(H,12,13)(H,14,16,17). The lowest BCUT2D eigenvalue weighted by atomic mass is 10.4. The van der Waals surface area contributed by atoms with Crippen LogP contribution in [0.4, 0.5) is 0 Å². The average molecular weight is 253 g/mol. The van der Waals surface area contributed by atoms with Crippen LogP contribution in [0.3, 0.4) is 0 Å². The van der Waals surface area contributed by atoms with Crippen molar-refractivity contribution in [1.29, 1.82) is 0 Å². The van der Waals surface area contributed by atoms with E-state index in [1.807, 2.05) is 0 Å². The first-order valence-corrected chi connectivity index (χ1v) is 5.41. The highest BCUT2D eigenvalue weighted by molar-refractivity contribution is 6.18. The number of H-pyrrole nitrogens is 2. The highest BCUT2D eigenvalue weighted by Crippen LogP contribution is 2.02. The van der Waals surface area contributed by atoms with Gasteiger partial charge in [0, 0.05) is 19.3 Å². The maximum atomic E-state index is 11.5. The van der Waals surface area contributed by atoms with Crippen molar-refractivity contribution >= 4 is 22.8 Å². The minimum atomic E-state index is -0.505. The Balaban J connectivity index is 2.63. The summed E-state index contributed by atoms with van der Waals surface area (Å²) in [5.41, 5.74) is -0.480. The predicted molar refractivity (Wildman–Crippen MR) is 64.2 cm³/mol. The highest BCUT2D eigenvalue weighted by atomic mass is 35.5.